The molecule has 208 valence electrons. The molecule has 0 saturated carbocycles. The summed E-state index contributed by atoms with van der Waals surface area (Å²) in [6, 6.07) is 6.85. The molecule has 0 radical (unpaired) electrons. The van der Waals surface area contributed by atoms with E-state index in [0.717, 1.165) is 24.5 Å². The number of nitrogens with one attached hydrogen (secondary N) is 2. The van der Waals surface area contributed by atoms with Crippen LogP contribution in [0.4, 0.5) is 14.5 Å². The number of H-pyrrole nitrogens is 1. The molecule has 3 heterocycles. The molecule has 4 rings (SSSR count). The van der Waals surface area contributed by atoms with Crippen LogP contribution in [0.2, 0.25) is 0 Å². The number of carbonyl (C=O) groups is 1. The molecule has 1 saturated heterocycles. The lowest BCUT2D eigenvalue weighted by Gasteiger charge is -2.36. The zero-order valence-corrected chi connectivity index (χ0v) is 23.5. The maximum absolute atomic E-state index is 15.1. The minimum atomic E-state index is -1.53. The zero-order valence-electron chi connectivity index (χ0n) is 23.5. The van der Waals surface area contributed by atoms with Crippen molar-refractivity contribution in [2.75, 3.05) is 38.1 Å². The molecule has 1 aliphatic rings. The Balaban J connectivity index is 0.000000947. The fraction of sp³-hybridized carbons (Fsp3) is 0.500. The third-order valence-electron chi connectivity index (χ3n) is 5.91. The van der Waals surface area contributed by atoms with Crippen molar-refractivity contribution in [2.24, 2.45) is 0 Å². The number of nitrogens with zero attached hydrogens (tertiary/aromatic N) is 4. The predicted octanol–water partition coefficient (Wildman–Crippen LogP) is 4.92. The van der Waals surface area contributed by atoms with E-state index in [1.807, 2.05) is 26.8 Å². The number of amides is 1. The van der Waals surface area contributed by atoms with Crippen LogP contribution in [-0.4, -0.2) is 59.0 Å². The van der Waals surface area contributed by atoms with Gasteiger partial charge in [-0.1, -0.05) is 40.2 Å². The second-order valence-corrected chi connectivity index (χ2v) is 8.85. The fourth-order valence-electron chi connectivity index (χ4n) is 4.10. The van der Waals surface area contributed by atoms with E-state index in [0.29, 0.717) is 30.9 Å². The van der Waals surface area contributed by atoms with Crippen LogP contribution in [0.1, 0.15) is 74.7 Å². The van der Waals surface area contributed by atoms with Crippen LogP contribution in [0.15, 0.2) is 29.1 Å². The van der Waals surface area contributed by atoms with Gasteiger partial charge in [0.15, 0.2) is 5.82 Å². The highest BCUT2D eigenvalue weighted by atomic mass is 19.1. The average molecular weight is 531 g/mol. The first-order valence-corrected chi connectivity index (χ1v) is 13.2. The van der Waals surface area contributed by atoms with E-state index >= 15 is 4.39 Å². The van der Waals surface area contributed by atoms with Crippen molar-refractivity contribution in [3.8, 4) is 0 Å². The van der Waals surface area contributed by atoms with Gasteiger partial charge in [-0.3, -0.25) is 14.5 Å². The van der Waals surface area contributed by atoms with E-state index in [-0.39, 0.29) is 22.6 Å². The van der Waals surface area contributed by atoms with Gasteiger partial charge in [-0.25, -0.2) is 18.7 Å². The average Bonchev–Trinajstić information content (AvgIpc) is 2.92. The molecule has 2 N–H and O–H groups in total. The van der Waals surface area contributed by atoms with Gasteiger partial charge >= 0.3 is 0 Å². The highest BCUT2D eigenvalue weighted by Crippen LogP contribution is 2.23. The van der Waals surface area contributed by atoms with Crippen LogP contribution in [0, 0.1) is 12.7 Å². The summed E-state index contributed by atoms with van der Waals surface area (Å²) in [5, 5.41) is 2.57. The molecule has 1 amide bonds. The summed E-state index contributed by atoms with van der Waals surface area (Å²) in [4.78, 5) is 39.0. The number of pyridine rings is 1. The van der Waals surface area contributed by atoms with Gasteiger partial charge in [-0.15, -0.1) is 0 Å². The van der Waals surface area contributed by atoms with Crippen molar-refractivity contribution in [3.05, 3.63) is 63.1 Å². The summed E-state index contributed by atoms with van der Waals surface area (Å²) >= 11 is 0. The number of hydrogen-bond acceptors (Lipinski definition) is 6. The first-order valence-electron chi connectivity index (χ1n) is 13.2. The van der Waals surface area contributed by atoms with Crippen molar-refractivity contribution < 1.29 is 13.6 Å². The van der Waals surface area contributed by atoms with Gasteiger partial charge in [0.2, 0.25) is 0 Å². The number of piperazine rings is 1. The molecule has 1 aliphatic heterocycles. The molecule has 10 heteroatoms. The Labute approximate surface area is 223 Å². The predicted molar refractivity (Wildman–Crippen MR) is 149 cm³/mol. The molecule has 1 aromatic carbocycles. The third kappa shape index (κ3) is 7.34. The third-order valence-corrected chi connectivity index (χ3v) is 5.91. The van der Waals surface area contributed by atoms with Crippen molar-refractivity contribution in [2.45, 2.75) is 60.7 Å². The minimum Gasteiger partial charge on any atom is -0.368 e. The second kappa shape index (κ2) is 14.5. The topological polar surface area (TPSA) is 94.2 Å². The van der Waals surface area contributed by atoms with Crippen LogP contribution in [0.5, 0.6) is 0 Å². The van der Waals surface area contributed by atoms with Crippen LogP contribution in [-0.2, 0) is 6.54 Å². The lowest BCUT2D eigenvalue weighted by Crippen LogP contribution is -2.46. The maximum Gasteiger partial charge on any atom is 0.273 e. The molecular weight excluding hydrogens is 490 g/mol. The van der Waals surface area contributed by atoms with Crippen LogP contribution in [0.25, 0.3) is 11.0 Å². The number of benzene rings is 1. The van der Waals surface area contributed by atoms with E-state index in [2.05, 4.69) is 43.9 Å². The molecule has 3 aromatic rings. The number of aromatic amines is 1. The van der Waals surface area contributed by atoms with Gasteiger partial charge in [0, 0.05) is 45.3 Å². The molecule has 0 spiro atoms. The lowest BCUT2D eigenvalue weighted by molar-refractivity contribution is 0.0958. The zero-order chi connectivity index (χ0) is 28.4. The standard InChI is InChI=1S/C23H26F2N6O2.C3H8.C2H6/c1-13(24)20-23(33)29-21-16(28-20)5-4-15(19(21)25)12-30-8-10-31(11-9-30)18-7-6-17(22(32)26-3)27-14(18)2;1-3-2;1-2/h4-7,13H,8-12H2,1-3H3,(H,26,32)(H,29,33);3H2,1-2H3;1-2H3. The summed E-state index contributed by atoms with van der Waals surface area (Å²) in [5.74, 6) is -0.763. The highest BCUT2D eigenvalue weighted by molar-refractivity contribution is 5.92. The van der Waals surface area contributed by atoms with Crippen LogP contribution < -0.4 is 15.8 Å². The summed E-state index contributed by atoms with van der Waals surface area (Å²) in [7, 11) is 1.57. The summed E-state index contributed by atoms with van der Waals surface area (Å²) in [6.07, 6.45) is -0.281. The number of alkyl halides is 1. The van der Waals surface area contributed by atoms with E-state index < -0.39 is 17.5 Å². The Kier molecular flexibility index (Phi) is 11.8. The Hall–Kier alpha value is -3.40. The van der Waals surface area contributed by atoms with Gasteiger partial charge in [0.25, 0.3) is 11.5 Å². The number of fused-ring (bicyclic) bond motifs is 1. The lowest BCUT2D eigenvalue weighted by atomic mass is 10.1. The molecule has 2 aromatic heterocycles. The smallest absolute Gasteiger partial charge is 0.273 e. The summed E-state index contributed by atoms with van der Waals surface area (Å²) in [6.45, 7) is 14.6. The largest absolute Gasteiger partial charge is 0.368 e. The van der Waals surface area contributed by atoms with Crippen molar-refractivity contribution >= 4 is 22.6 Å². The van der Waals surface area contributed by atoms with Crippen LogP contribution >= 0.6 is 0 Å². The number of aromatic nitrogens is 3. The molecule has 1 unspecified atom stereocenters. The number of aryl methyl sites for hydroxylation is 1. The maximum atomic E-state index is 15.1. The number of rotatable bonds is 5. The number of halogens is 2. The van der Waals surface area contributed by atoms with E-state index in [4.69, 9.17) is 0 Å². The molecular formula is C28H40F2N6O2. The molecule has 8 nitrogen and oxygen atoms in total. The Morgan fingerprint density at radius 3 is 2.29 bits per heavy atom. The number of carbonyl (C=O) groups excluding carboxylic acids is 1. The van der Waals surface area contributed by atoms with Gasteiger partial charge in [0.05, 0.1) is 16.9 Å². The van der Waals surface area contributed by atoms with Crippen molar-refractivity contribution in [1.29, 1.82) is 0 Å². The van der Waals surface area contributed by atoms with E-state index in [9.17, 15) is 14.0 Å². The normalized spacial score (nSPS) is 14.2. The minimum absolute atomic E-state index is 0.00144. The quantitative estimate of drug-likeness (QED) is 0.486. The molecule has 0 bridgehead atoms. The van der Waals surface area contributed by atoms with Gasteiger partial charge in [0.1, 0.15) is 23.1 Å². The second-order valence-electron chi connectivity index (χ2n) is 8.85. The highest BCUT2D eigenvalue weighted by Gasteiger charge is 2.22. The number of hydrogen-bond donors (Lipinski definition) is 2. The Bertz CT molecular complexity index is 1270. The monoisotopic (exact) mass is 530 g/mol. The molecule has 1 atom stereocenters. The van der Waals surface area contributed by atoms with Gasteiger partial charge in [-0.05, 0) is 32.0 Å². The first-order chi connectivity index (χ1) is 18.2. The van der Waals surface area contributed by atoms with Crippen molar-refractivity contribution in [1.82, 2.24) is 25.2 Å². The first kappa shape index (κ1) is 30.8. The molecule has 0 aliphatic carbocycles. The summed E-state index contributed by atoms with van der Waals surface area (Å²) in [5.41, 5.74) is 1.84. The fourth-order valence-corrected chi connectivity index (χ4v) is 4.10. The summed E-state index contributed by atoms with van der Waals surface area (Å²) < 4.78 is 28.6. The van der Waals surface area contributed by atoms with E-state index in [1.165, 1.54) is 13.3 Å². The van der Waals surface area contributed by atoms with Gasteiger partial charge < -0.3 is 15.2 Å². The van der Waals surface area contributed by atoms with Crippen molar-refractivity contribution in [3.63, 3.8) is 0 Å². The molecule has 1 fully saturated rings. The van der Waals surface area contributed by atoms with E-state index in [1.54, 1.807) is 25.2 Å². The SMILES string of the molecule is CC.CCC.CNC(=O)c1ccc(N2CCN(Cc3ccc4nc(C(C)F)c(=O)[nH]c4c3F)CC2)c(C)n1. The Morgan fingerprint density at radius 2 is 1.74 bits per heavy atom. The molecule has 38 heavy (non-hydrogen) atoms. The number of anilines is 1. The van der Waals surface area contributed by atoms with Crippen LogP contribution in [0.3, 0.4) is 0 Å². The Morgan fingerprint density at radius 1 is 1.11 bits per heavy atom. The van der Waals surface area contributed by atoms with Gasteiger partial charge in [-0.2, -0.15) is 0 Å².